The summed E-state index contributed by atoms with van der Waals surface area (Å²) in [6.07, 6.45) is 0. The van der Waals surface area contributed by atoms with E-state index in [1.807, 2.05) is 131 Å². The van der Waals surface area contributed by atoms with Crippen LogP contribution < -0.4 is 0 Å². The number of thiazole rings is 5. The fourth-order valence-corrected chi connectivity index (χ4v) is 12.1. The van der Waals surface area contributed by atoms with Gasteiger partial charge in [-0.25, -0.2) is 55.7 Å². The highest BCUT2D eigenvalue weighted by atomic mass is 35.5. The van der Waals surface area contributed by atoms with Crippen LogP contribution >= 0.6 is 103 Å². The van der Waals surface area contributed by atoms with Crippen LogP contribution in [0.5, 0.6) is 0 Å². The van der Waals surface area contributed by atoms with E-state index in [0.717, 1.165) is 58.6 Å². The van der Waals surface area contributed by atoms with Crippen LogP contribution in [-0.4, -0.2) is 24.9 Å². The van der Waals surface area contributed by atoms with E-state index in [1.54, 1.807) is 68.0 Å². The number of fused-ring (bicyclic) bond motifs is 6. The number of aromatic nitrogens is 5. The van der Waals surface area contributed by atoms with E-state index < -0.39 is 34.9 Å². The lowest BCUT2D eigenvalue weighted by Crippen LogP contribution is -1.87. The Hall–Kier alpha value is -4.89. The molecule has 0 atom stereocenters. The molecule has 12 aromatic rings. The smallest absolute Gasteiger partial charge is 0.185 e. The molecule has 21 heteroatoms. The number of hydrogen-bond donors (Lipinski definition) is 0. The van der Waals surface area contributed by atoms with Gasteiger partial charge in [0.15, 0.2) is 29.1 Å². The first-order chi connectivity index (χ1) is 39.4. The minimum Gasteiger partial charge on any atom is -0.245 e. The van der Waals surface area contributed by atoms with Gasteiger partial charge in [0.1, 0.15) is 28.2 Å². The fraction of sp³-hybridized carbons (Fsp3) is 0.295. The predicted molar refractivity (Wildman–Crippen MR) is 351 cm³/mol. The Morgan fingerprint density at radius 2 is 0.817 bits per heavy atom. The Morgan fingerprint density at radius 1 is 0.329 bits per heavy atom. The van der Waals surface area contributed by atoms with Crippen molar-refractivity contribution < 1.29 is 30.7 Å². The van der Waals surface area contributed by atoms with Crippen molar-refractivity contribution in [2.45, 2.75) is 125 Å². The van der Waals surface area contributed by atoms with Gasteiger partial charge in [-0.1, -0.05) is 124 Å². The van der Waals surface area contributed by atoms with Crippen molar-refractivity contribution in [3.8, 4) is 0 Å². The van der Waals surface area contributed by atoms with E-state index in [1.165, 1.54) is 83.5 Å². The summed E-state index contributed by atoms with van der Waals surface area (Å²) in [5.41, 5.74) is 16.0. The van der Waals surface area contributed by atoms with Gasteiger partial charge in [0.25, 0.3) is 0 Å². The second kappa shape index (κ2) is 38.9. The summed E-state index contributed by atoms with van der Waals surface area (Å²) in [6.45, 7) is 34.7. The van der Waals surface area contributed by atoms with Crippen molar-refractivity contribution in [1.82, 2.24) is 24.9 Å². The molecule has 82 heavy (non-hydrogen) atoms. The lowest BCUT2D eigenvalue weighted by Gasteiger charge is -1.98. The number of aryl methyl sites for hydroxylation is 6. The van der Waals surface area contributed by atoms with Crippen LogP contribution in [0.15, 0.2) is 87.5 Å². The molecule has 6 aromatic heterocycles. The number of thiophene rings is 1. The standard InChI is InChI=1S/C9H6F2S.C8H5ClFNS.2C8H6ClNS.2C8H5F2NS.6C2H6/c1-5-8(11)7(10)4-6-2-3-12-9(5)6;1-4-2-5-8(12-3-11-5)6(9)7(4)10;1-5-6(9)2-3-7-8(5)11-4-10-7;1-5-2-3-6(9)7-8(5)11-4-10-7;1-4-5(9)2-6(10)7-8(4)12-3-11-7;1-4-2-5(9)6(10)7-8(4)12-3-11-7;6*1-2/h2-4H,1H3;2-3H,1H3;2*2-4H,1H3;2*2-3H,1H3;6*1-2H3. The van der Waals surface area contributed by atoms with E-state index in [-0.39, 0.29) is 21.9 Å². The van der Waals surface area contributed by atoms with Crippen LogP contribution in [0, 0.1) is 82.3 Å². The summed E-state index contributed by atoms with van der Waals surface area (Å²) in [6, 6.07) is 14.5. The van der Waals surface area contributed by atoms with Crippen LogP contribution in [0.2, 0.25) is 15.1 Å². The molecule has 6 aromatic carbocycles. The first-order valence-electron chi connectivity index (χ1n) is 26.2. The molecular formula is C61H69Cl3F7N5S6. The first-order valence-corrected chi connectivity index (χ1v) is 32.6. The van der Waals surface area contributed by atoms with Crippen LogP contribution in [0.25, 0.3) is 61.2 Å². The average Bonchev–Trinajstić information content (AvgIpc) is 4.43. The van der Waals surface area contributed by atoms with Gasteiger partial charge in [0.2, 0.25) is 0 Å². The Morgan fingerprint density at radius 3 is 1.41 bits per heavy atom. The van der Waals surface area contributed by atoms with Crippen LogP contribution in [0.1, 0.15) is 116 Å². The first kappa shape index (κ1) is 75.1. The maximum atomic E-state index is 13.2. The Bertz CT molecular complexity index is 3610. The zero-order chi connectivity index (χ0) is 62.6. The molecule has 0 fully saturated rings. The summed E-state index contributed by atoms with van der Waals surface area (Å²) in [4.78, 5) is 19.9. The summed E-state index contributed by atoms with van der Waals surface area (Å²) >= 11 is 26.2. The van der Waals surface area contributed by atoms with Gasteiger partial charge in [-0.2, -0.15) is 0 Å². The number of benzene rings is 6. The number of nitrogens with zero attached hydrogens (tertiary/aromatic N) is 5. The Balaban J connectivity index is 0.000000474. The van der Waals surface area contributed by atoms with E-state index >= 15 is 0 Å². The summed E-state index contributed by atoms with van der Waals surface area (Å²) in [5.74, 6) is -4.61. The van der Waals surface area contributed by atoms with Gasteiger partial charge in [0.05, 0.1) is 72.1 Å². The average molecular weight is 1300 g/mol. The van der Waals surface area contributed by atoms with Gasteiger partial charge in [-0.15, -0.1) is 68.0 Å². The van der Waals surface area contributed by atoms with Crippen molar-refractivity contribution >= 4 is 164 Å². The molecule has 444 valence electrons. The lowest BCUT2D eigenvalue weighted by atomic mass is 10.2. The Labute approximate surface area is 516 Å². The van der Waals surface area contributed by atoms with Gasteiger partial charge in [-0.05, 0) is 117 Å². The minimum atomic E-state index is -0.850. The molecule has 5 nitrogen and oxygen atoms in total. The molecule has 0 bridgehead atoms. The quantitative estimate of drug-likeness (QED) is 0.142. The summed E-state index contributed by atoms with van der Waals surface area (Å²) in [5, 5.41) is 4.36. The third kappa shape index (κ3) is 19.6. The largest absolute Gasteiger partial charge is 0.245 e. The predicted octanol–water partition coefficient (Wildman–Crippen LogP) is 25.3. The summed E-state index contributed by atoms with van der Waals surface area (Å²) < 4.78 is 95.9. The minimum absolute atomic E-state index is 0.137. The van der Waals surface area contributed by atoms with Gasteiger partial charge in [-0.3, -0.25) is 0 Å². The van der Waals surface area contributed by atoms with Crippen molar-refractivity contribution in [3.63, 3.8) is 0 Å². The topological polar surface area (TPSA) is 64.5 Å². The molecule has 0 saturated carbocycles. The number of halogens is 10. The normalized spacial score (nSPS) is 9.71. The second-order valence-electron chi connectivity index (χ2n) is 14.9. The van der Waals surface area contributed by atoms with E-state index in [2.05, 4.69) is 31.8 Å². The third-order valence-corrected chi connectivity index (χ3v) is 17.2. The number of rotatable bonds is 0. The SMILES string of the molecule is CC.CC.CC.CC.CC.CC.Cc1c(Cl)ccc2ncsc12.Cc1c(F)c(F)cc2ccsc12.Cc1c(F)cc(F)c2ncsc12.Cc1cc(F)c(F)c2ncsc12.Cc1cc2ncsc2c(Cl)c1F.Cc1ccc(Cl)c2ncsc12. The molecule has 6 heterocycles. The van der Waals surface area contributed by atoms with Crippen molar-refractivity contribution in [3.05, 3.63) is 177 Å². The highest BCUT2D eigenvalue weighted by molar-refractivity contribution is 7.18. The molecular weight excluding hydrogens is 1230 g/mol. The summed E-state index contributed by atoms with van der Waals surface area (Å²) in [7, 11) is 0. The van der Waals surface area contributed by atoms with Crippen LogP contribution in [0.4, 0.5) is 30.7 Å². The van der Waals surface area contributed by atoms with E-state index in [4.69, 9.17) is 34.8 Å². The zero-order valence-electron chi connectivity index (χ0n) is 49.1. The molecule has 0 aliphatic heterocycles. The van der Waals surface area contributed by atoms with Gasteiger partial charge in [0, 0.05) is 26.9 Å². The van der Waals surface area contributed by atoms with Crippen molar-refractivity contribution in [1.29, 1.82) is 0 Å². The molecule has 0 radical (unpaired) electrons. The third-order valence-electron chi connectivity index (χ3n) is 10.3. The molecule has 0 aliphatic carbocycles. The maximum Gasteiger partial charge on any atom is 0.185 e. The zero-order valence-corrected chi connectivity index (χ0v) is 56.3. The van der Waals surface area contributed by atoms with E-state index in [0.29, 0.717) is 26.1 Å². The molecule has 0 amide bonds. The molecule has 0 spiro atoms. The molecule has 12 rings (SSSR count). The maximum absolute atomic E-state index is 13.2. The highest BCUT2D eigenvalue weighted by Gasteiger charge is 2.14. The monoisotopic (exact) mass is 1300 g/mol. The lowest BCUT2D eigenvalue weighted by molar-refractivity contribution is 0.506. The Kier molecular flexibility index (Phi) is 35.6. The van der Waals surface area contributed by atoms with Crippen molar-refractivity contribution in [2.24, 2.45) is 0 Å². The van der Waals surface area contributed by atoms with E-state index in [9.17, 15) is 30.7 Å². The van der Waals surface area contributed by atoms with Crippen molar-refractivity contribution in [2.75, 3.05) is 0 Å². The highest BCUT2D eigenvalue weighted by Crippen LogP contribution is 2.33. The van der Waals surface area contributed by atoms with Crippen LogP contribution in [0.3, 0.4) is 0 Å². The molecule has 0 unspecified atom stereocenters. The second-order valence-corrected chi connectivity index (χ2v) is 21.3. The van der Waals surface area contributed by atoms with Gasteiger partial charge < -0.3 is 0 Å². The van der Waals surface area contributed by atoms with Crippen LogP contribution in [-0.2, 0) is 0 Å². The number of hydrogen-bond acceptors (Lipinski definition) is 11. The fourth-order valence-electron chi connectivity index (χ4n) is 6.56. The molecule has 0 saturated heterocycles. The molecule has 0 N–H and O–H groups in total. The van der Waals surface area contributed by atoms with Gasteiger partial charge >= 0.3 is 0 Å². The molecule has 0 aliphatic rings.